The first-order chi connectivity index (χ1) is 11.2. The Bertz CT molecular complexity index is 503. The van der Waals surface area contributed by atoms with Gasteiger partial charge in [-0.3, -0.25) is 4.79 Å². The Labute approximate surface area is 139 Å². The summed E-state index contributed by atoms with van der Waals surface area (Å²) in [5.74, 6) is 1.09. The Morgan fingerprint density at radius 1 is 1.22 bits per heavy atom. The van der Waals surface area contributed by atoms with Crippen LogP contribution in [0, 0.1) is 0 Å². The van der Waals surface area contributed by atoms with Crippen molar-refractivity contribution in [1.29, 1.82) is 0 Å². The number of nitrogens with one attached hydrogen (secondary N) is 2. The van der Waals surface area contributed by atoms with E-state index in [2.05, 4.69) is 29.7 Å². The summed E-state index contributed by atoms with van der Waals surface area (Å²) in [6.07, 6.45) is 7.08. The molecule has 2 fully saturated rings. The van der Waals surface area contributed by atoms with Gasteiger partial charge in [-0.15, -0.1) is 0 Å². The molecule has 2 heterocycles. The van der Waals surface area contributed by atoms with Crippen LogP contribution in [-0.4, -0.2) is 30.6 Å². The van der Waals surface area contributed by atoms with Crippen LogP contribution in [-0.2, 0) is 11.2 Å². The van der Waals surface area contributed by atoms with Gasteiger partial charge in [0.15, 0.2) is 0 Å². The average Bonchev–Trinajstić information content (AvgIpc) is 2.90. The molecule has 23 heavy (non-hydrogen) atoms. The molecule has 2 N–H and O–H groups in total. The fraction of sp³-hybridized carbons (Fsp3) is 0.632. The maximum Gasteiger partial charge on any atom is 0.220 e. The minimum Gasteiger partial charge on any atom is -0.494 e. The Morgan fingerprint density at radius 3 is 2.57 bits per heavy atom. The molecule has 1 aromatic carbocycles. The van der Waals surface area contributed by atoms with Crippen LogP contribution < -0.4 is 15.4 Å². The van der Waals surface area contributed by atoms with E-state index in [-0.39, 0.29) is 5.91 Å². The van der Waals surface area contributed by atoms with Crippen LogP contribution in [0.15, 0.2) is 24.3 Å². The Hall–Kier alpha value is -1.55. The number of ether oxygens (including phenoxy) is 1. The molecule has 0 aromatic heterocycles. The van der Waals surface area contributed by atoms with Crippen molar-refractivity contribution in [3.05, 3.63) is 29.8 Å². The van der Waals surface area contributed by atoms with E-state index >= 15 is 0 Å². The molecule has 0 aliphatic carbocycles. The molecule has 0 saturated carbocycles. The van der Waals surface area contributed by atoms with Gasteiger partial charge in [0.05, 0.1) is 6.61 Å². The fourth-order valence-corrected chi connectivity index (χ4v) is 3.71. The van der Waals surface area contributed by atoms with Crippen LogP contribution >= 0.6 is 0 Å². The van der Waals surface area contributed by atoms with Crippen LogP contribution in [0.4, 0.5) is 0 Å². The fourth-order valence-electron chi connectivity index (χ4n) is 3.71. The van der Waals surface area contributed by atoms with Crippen molar-refractivity contribution < 1.29 is 9.53 Å². The van der Waals surface area contributed by atoms with Gasteiger partial charge in [0, 0.05) is 24.5 Å². The SMILES string of the molecule is CCCOc1ccc(CCC(=O)NC2CC3CCC(C2)N3)cc1. The summed E-state index contributed by atoms with van der Waals surface area (Å²) in [5.41, 5.74) is 1.19. The van der Waals surface area contributed by atoms with Crippen molar-refractivity contribution in [1.82, 2.24) is 10.6 Å². The van der Waals surface area contributed by atoms with Crippen molar-refractivity contribution in [2.24, 2.45) is 0 Å². The number of fused-ring (bicyclic) bond motifs is 2. The molecule has 1 amide bonds. The molecule has 2 aliphatic heterocycles. The lowest BCUT2D eigenvalue weighted by Crippen LogP contribution is -2.48. The quantitative estimate of drug-likeness (QED) is 0.813. The van der Waals surface area contributed by atoms with E-state index < -0.39 is 0 Å². The molecule has 4 heteroatoms. The first-order valence-electron chi connectivity index (χ1n) is 9.00. The second-order valence-corrected chi connectivity index (χ2v) is 6.87. The highest BCUT2D eigenvalue weighted by Crippen LogP contribution is 2.26. The molecule has 2 bridgehead atoms. The van der Waals surface area contributed by atoms with E-state index in [1.807, 2.05) is 12.1 Å². The van der Waals surface area contributed by atoms with Gasteiger partial charge in [0.1, 0.15) is 5.75 Å². The third-order valence-corrected chi connectivity index (χ3v) is 4.88. The first-order valence-corrected chi connectivity index (χ1v) is 9.00. The number of hydrogen-bond acceptors (Lipinski definition) is 3. The van der Waals surface area contributed by atoms with Gasteiger partial charge >= 0.3 is 0 Å². The van der Waals surface area contributed by atoms with Gasteiger partial charge in [0.25, 0.3) is 0 Å². The zero-order valence-electron chi connectivity index (χ0n) is 14.0. The van der Waals surface area contributed by atoms with Crippen LogP contribution in [0.3, 0.4) is 0 Å². The second-order valence-electron chi connectivity index (χ2n) is 6.87. The highest BCUT2D eigenvalue weighted by atomic mass is 16.5. The van der Waals surface area contributed by atoms with E-state index in [9.17, 15) is 4.79 Å². The normalized spacial score (nSPS) is 26.0. The number of piperidine rings is 1. The number of amides is 1. The number of benzene rings is 1. The van der Waals surface area contributed by atoms with Crippen LogP contribution in [0.5, 0.6) is 5.75 Å². The van der Waals surface area contributed by atoms with Gasteiger partial charge in [-0.05, 0) is 56.2 Å². The van der Waals surface area contributed by atoms with Crippen molar-refractivity contribution in [2.45, 2.75) is 70.0 Å². The van der Waals surface area contributed by atoms with E-state index in [4.69, 9.17) is 4.74 Å². The molecule has 126 valence electrons. The molecular formula is C19H28N2O2. The molecule has 2 aliphatic rings. The standard InChI is InChI=1S/C19H28N2O2/c1-2-11-23-18-8-3-14(4-9-18)5-10-19(22)21-17-12-15-6-7-16(13-17)20-15/h3-4,8-9,15-17,20H,2,5-7,10-13H2,1H3,(H,21,22). The predicted molar refractivity (Wildman–Crippen MR) is 91.7 cm³/mol. The summed E-state index contributed by atoms with van der Waals surface area (Å²) >= 11 is 0. The maximum atomic E-state index is 12.2. The number of rotatable bonds is 7. The topological polar surface area (TPSA) is 50.4 Å². The highest BCUT2D eigenvalue weighted by Gasteiger charge is 2.33. The molecule has 0 radical (unpaired) electrons. The Kier molecular flexibility index (Phi) is 5.55. The summed E-state index contributed by atoms with van der Waals surface area (Å²) in [5, 5.41) is 6.83. The third kappa shape index (κ3) is 4.71. The van der Waals surface area contributed by atoms with Crippen molar-refractivity contribution in [3.63, 3.8) is 0 Å². The summed E-state index contributed by atoms with van der Waals surface area (Å²) in [6.45, 7) is 2.85. The molecule has 2 saturated heterocycles. The van der Waals surface area contributed by atoms with Crippen LogP contribution in [0.2, 0.25) is 0 Å². The first kappa shape index (κ1) is 16.3. The summed E-state index contributed by atoms with van der Waals surface area (Å²) in [6, 6.07) is 9.71. The molecule has 3 rings (SSSR count). The van der Waals surface area contributed by atoms with E-state index in [0.29, 0.717) is 24.5 Å². The van der Waals surface area contributed by atoms with Gasteiger partial charge in [-0.1, -0.05) is 19.1 Å². The minimum absolute atomic E-state index is 0.183. The lowest BCUT2D eigenvalue weighted by Gasteiger charge is -2.29. The van der Waals surface area contributed by atoms with Crippen LogP contribution in [0.25, 0.3) is 0 Å². The maximum absolute atomic E-state index is 12.2. The molecule has 2 unspecified atom stereocenters. The van der Waals surface area contributed by atoms with Crippen molar-refractivity contribution >= 4 is 5.91 Å². The van der Waals surface area contributed by atoms with Crippen LogP contribution in [0.1, 0.15) is 51.0 Å². The highest BCUT2D eigenvalue weighted by molar-refractivity contribution is 5.76. The lowest BCUT2D eigenvalue weighted by molar-refractivity contribution is -0.122. The van der Waals surface area contributed by atoms with Crippen molar-refractivity contribution in [3.8, 4) is 5.75 Å². The van der Waals surface area contributed by atoms with Crippen molar-refractivity contribution in [2.75, 3.05) is 6.61 Å². The molecule has 1 aromatic rings. The average molecular weight is 316 g/mol. The zero-order chi connectivity index (χ0) is 16.1. The Morgan fingerprint density at radius 2 is 1.91 bits per heavy atom. The predicted octanol–water partition coefficient (Wildman–Crippen LogP) is 2.81. The molecule has 0 spiro atoms. The van der Waals surface area contributed by atoms with Gasteiger partial charge < -0.3 is 15.4 Å². The van der Waals surface area contributed by atoms with Gasteiger partial charge in [-0.25, -0.2) is 0 Å². The van der Waals surface area contributed by atoms with E-state index in [1.165, 1.54) is 18.4 Å². The second kappa shape index (κ2) is 7.82. The number of carbonyl (C=O) groups excluding carboxylic acids is 1. The minimum atomic E-state index is 0.183. The van der Waals surface area contributed by atoms with Gasteiger partial charge in [0.2, 0.25) is 5.91 Å². The molecule has 2 atom stereocenters. The monoisotopic (exact) mass is 316 g/mol. The lowest BCUT2D eigenvalue weighted by atomic mass is 9.99. The smallest absolute Gasteiger partial charge is 0.220 e. The largest absolute Gasteiger partial charge is 0.494 e. The molecule has 4 nitrogen and oxygen atoms in total. The summed E-state index contributed by atoms with van der Waals surface area (Å²) in [7, 11) is 0. The summed E-state index contributed by atoms with van der Waals surface area (Å²) in [4.78, 5) is 12.2. The number of hydrogen-bond donors (Lipinski definition) is 2. The van der Waals surface area contributed by atoms with Gasteiger partial charge in [-0.2, -0.15) is 0 Å². The molecular weight excluding hydrogens is 288 g/mol. The Balaban J connectivity index is 1.40. The number of aryl methyl sites for hydroxylation is 1. The number of carbonyl (C=O) groups is 1. The third-order valence-electron chi connectivity index (χ3n) is 4.88. The zero-order valence-corrected chi connectivity index (χ0v) is 14.0. The van der Waals surface area contributed by atoms with E-state index in [0.717, 1.165) is 38.0 Å². The summed E-state index contributed by atoms with van der Waals surface area (Å²) < 4.78 is 5.58. The van der Waals surface area contributed by atoms with E-state index in [1.54, 1.807) is 0 Å².